The molecule has 0 radical (unpaired) electrons. The monoisotopic (exact) mass is 628 g/mol. The van der Waals surface area contributed by atoms with Crippen molar-refractivity contribution in [1.82, 2.24) is 4.98 Å². The van der Waals surface area contributed by atoms with Crippen LogP contribution < -0.4 is 19.1 Å². The zero-order valence-electron chi connectivity index (χ0n) is 26.7. The standard InChI is InChI=1S/C36H40N2O6S/c1-7-8-15-43-26-11-9-10-25(19-26)33(39)30-32(24-12-13-27(28(20-24)42-6)44-16-14-21(2)3)38(35(41)34(30)40)36-37-31-23(5)17-22(4)18-29(31)45-36/h9-13,17-21,32,39H,7-8,14-16H2,1-6H3. The van der Waals surface area contributed by atoms with Crippen LogP contribution in [0.25, 0.3) is 16.0 Å². The van der Waals surface area contributed by atoms with Crippen LogP contribution in [0.5, 0.6) is 17.2 Å². The van der Waals surface area contributed by atoms with E-state index in [0.717, 1.165) is 40.6 Å². The summed E-state index contributed by atoms with van der Waals surface area (Å²) in [5.41, 5.74) is 3.74. The second-order valence-corrected chi connectivity index (χ2v) is 12.8. The summed E-state index contributed by atoms with van der Waals surface area (Å²) in [6.07, 6.45) is 2.75. The maximum absolute atomic E-state index is 13.8. The van der Waals surface area contributed by atoms with Gasteiger partial charge in [-0.25, -0.2) is 4.98 Å². The molecule has 1 aromatic heterocycles. The molecular formula is C36H40N2O6S. The van der Waals surface area contributed by atoms with Crippen molar-refractivity contribution in [2.45, 2.75) is 59.9 Å². The van der Waals surface area contributed by atoms with Crippen molar-refractivity contribution < 1.29 is 28.9 Å². The first-order chi connectivity index (χ1) is 21.6. The van der Waals surface area contributed by atoms with Gasteiger partial charge in [-0.05, 0) is 79.6 Å². The molecule has 1 aliphatic rings. The number of methoxy groups -OCH3 is 1. The molecule has 9 heteroatoms. The van der Waals surface area contributed by atoms with Gasteiger partial charge >= 0.3 is 5.91 Å². The van der Waals surface area contributed by atoms with E-state index >= 15 is 0 Å². The van der Waals surface area contributed by atoms with E-state index < -0.39 is 17.7 Å². The average molecular weight is 629 g/mol. The molecule has 0 bridgehead atoms. The number of unbranched alkanes of at least 4 members (excludes halogenated alkanes) is 1. The number of anilines is 1. The number of aliphatic hydroxyl groups is 1. The smallest absolute Gasteiger partial charge is 0.301 e. The van der Waals surface area contributed by atoms with Gasteiger partial charge in [0.25, 0.3) is 5.78 Å². The van der Waals surface area contributed by atoms with Crippen LogP contribution in [-0.2, 0) is 9.59 Å². The summed E-state index contributed by atoms with van der Waals surface area (Å²) >= 11 is 1.34. The number of rotatable bonds is 12. The number of carbonyl (C=O) groups excluding carboxylic acids is 2. The fraction of sp³-hybridized carbons (Fsp3) is 0.361. The fourth-order valence-corrected chi connectivity index (χ4v) is 6.58. The Labute approximate surface area is 268 Å². The summed E-state index contributed by atoms with van der Waals surface area (Å²) < 4.78 is 18.5. The summed E-state index contributed by atoms with van der Waals surface area (Å²) in [5.74, 6) is 0.225. The lowest BCUT2D eigenvalue weighted by molar-refractivity contribution is -0.132. The molecule has 1 atom stereocenters. The number of aromatic nitrogens is 1. The Kier molecular flexibility index (Phi) is 9.77. The minimum Gasteiger partial charge on any atom is -0.507 e. The molecule has 1 fully saturated rings. The largest absolute Gasteiger partial charge is 0.507 e. The van der Waals surface area contributed by atoms with Crippen molar-refractivity contribution in [1.29, 1.82) is 0 Å². The topological polar surface area (TPSA) is 98.2 Å². The first-order valence-electron chi connectivity index (χ1n) is 15.4. The zero-order valence-corrected chi connectivity index (χ0v) is 27.5. The van der Waals surface area contributed by atoms with E-state index in [0.29, 0.717) is 52.6 Å². The second kappa shape index (κ2) is 13.7. The number of benzene rings is 3. The lowest BCUT2D eigenvalue weighted by atomic mass is 9.95. The molecule has 1 N–H and O–H groups in total. The van der Waals surface area contributed by atoms with Crippen LogP contribution in [0.1, 0.15) is 68.3 Å². The molecule has 1 amide bonds. The lowest BCUT2D eigenvalue weighted by Crippen LogP contribution is -2.29. The lowest BCUT2D eigenvalue weighted by Gasteiger charge is -2.24. The van der Waals surface area contributed by atoms with E-state index in [1.54, 1.807) is 49.6 Å². The molecule has 3 aromatic carbocycles. The molecule has 4 aromatic rings. The number of fused-ring (bicyclic) bond motifs is 1. The number of ether oxygens (including phenoxy) is 3. The highest BCUT2D eigenvalue weighted by Crippen LogP contribution is 2.46. The molecule has 0 saturated carbocycles. The molecule has 236 valence electrons. The van der Waals surface area contributed by atoms with Crippen molar-refractivity contribution in [3.63, 3.8) is 0 Å². The summed E-state index contributed by atoms with van der Waals surface area (Å²) in [6.45, 7) is 11.4. The van der Waals surface area contributed by atoms with Crippen LogP contribution in [0.15, 0.2) is 60.2 Å². The minimum atomic E-state index is -0.963. The highest BCUT2D eigenvalue weighted by molar-refractivity contribution is 7.22. The number of hydrogen-bond acceptors (Lipinski definition) is 8. The van der Waals surface area contributed by atoms with Crippen molar-refractivity contribution in [3.05, 3.63) is 82.4 Å². The van der Waals surface area contributed by atoms with Crippen molar-refractivity contribution in [2.75, 3.05) is 25.2 Å². The number of thiazole rings is 1. The van der Waals surface area contributed by atoms with Gasteiger partial charge in [0.2, 0.25) is 0 Å². The van der Waals surface area contributed by atoms with Gasteiger partial charge in [0.05, 0.1) is 42.2 Å². The Bertz CT molecular complexity index is 1760. The Morgan fingerprint density at radius 1 is 1.02 bits per heavy atom. The highest BCUT2D eigenvalue weighted by Gasteiger charge is 2.48. The van der Waals surface area contributed by atoms with Gasteiger partial charge in [-0.1, -0.05) is 62.8 Å². The number of aryl methyl sites for hydroxylation is 2. The summed E-state index contributed by atoms with van der Waals surface area (Å²) in [7, 11) is 1.55. The molecule has 0 spiro atoms. The van der Waals surface area contributed by atoms with Gasteiger partial charge in [0.15, 0.2) is 16.6 Å². The summed E-state index contributed by atoms with van der Waals surface area (Å²) in [4.78, 5) is 33.9. The molecular weight excluding hydrogens is 588 g/mol. The molecule has 0 aliphatic carbocycles. The molecule has 1 saturated heterocycles. The number of aliphatic hydroxyl groups excluding tert-OH is 1. The van der Waals surface area contributed by atoms with Crippen molar-refractivity contribution in [3.8, 4) is 17.2 Å². The number of amides is 1. The fourth-order valence-electron chi connectivity index (χ4n) is 5.41. The third-order valence-corrected chi connectivity index (χ3v) is 8.80. The average Bonchev–Trinajstić information content (AvgIpc) is 3.55. The molecule has 1 aliphatic heterocycles. The molecule has 5 rings (SSSR count). The zero-order chi connectivity index (χ0) is 32.2. The Morgan fingerprint density at radius 3 is 2.56 bits per heavy atom. The van der Waals surface area contributed by atoms with Crippen LogP contribution in [0.3, 0.4) is 0 Å². The van der Waals surface area contributed by atoms with Crippen LogP contribution in [0.4, 0.5) is 5.13 Å². The third kappa shape index (κ3) is 6.68. The van der Waals surface area contributed by atoms with Crippen molar-refractivity contribution >= 4 is 44.1 Å². The molecule has 8 nitrogen and oxygen atoms in total. The Morgan fingerprint density at radius 2 is 1.82 bits per heavy atom. The van der Waals surface area contributed by atoms with E-state index in [2.05, 4.69) is 20.8 Å². The summed E-state index contributed by atoms with van der Waals surface area (Å²) in [6, 6.07) is 15.4. The van der Waals surface area contributed by atoms with Gasteiger partial charge in [-0.2, -0.15) is 0 Å². The maximum atomic E-state index is 13.8. The van der Waals surface area contributed by atoms with E-state index in [1.807, 2.05) is 26.0 Å². The predicted molar refractivity (Wildman–Crippen MR) is 179 cm³/mol. The van der Waals surface area contributed by atoms with E-state index in [4.69, 9.17) is 19.2 Å². The molecule has 2 heterocycles. The van der Waals surface area contributed by atoms with Crippen LogP contribution in [-0.4, -0.2) is 42.1 Å². The number of carbonyl (C=O) groups is 2. The molecule has 1 unspecified atom stereocenters. The van der Waals surface area contributed by atoms with Crippen LogP contribution in [0, 0.1) is 19.8 Å². The molecule has 45 heavy (non-hydrogen) atoms. The predicted octanol–water partition coefficient (Wildman–Crippen LogP) is 8.15. The number of nitrogens with zero attached hydrogens (tertiary/aromatic N) is 2. The van der Waals surface area contributed by atoms with E-state index in [9.17, 15) is 14.7 Å². The first-order valence-corrected chi connectivity index (χ1v) is 16.2. The third-order valence-electron chi connectivity index (χ3n) is 7.80. The number of Topliss-reactive ketones (excluding diaryl/α,β-unsaturated/α-hetero) is 1. The Balaban J connectivity index is 1.65. The maximum Gasteiger partial charge on any atom is 0.301 e. The van der Waals surface area contributed by atoms with Crippen molar-refractivity contribution in [2.24, 2.45) is 5.92 Å². The van der Waals surface area contributed by atoms with Crippen LogP contribution >= 0.6 is 11.3 Å². The minimum absolute atomic E-state index is 0.0339. The summed E-state index contributed by atoms with van der Waals surface area (Å²) in [5, 5.41) is 12.1. The normalized spacial score (nSPS) is 16.2. The van der Waals surface area contributed by atoms with Gasteiger partial charge in [-0.15, -0.1) is 0 Å². The van der Waals surface area contributed by atoms with E-state index in [1.165, 1.54) is 16.2 Å². The number of hydrogen-bond donors (Lipinski definition) is 1. The SMILES string of the molecule is CCCCOc1cccc(C(O)=C2C(=O)C(=O)N(c3nc4c(C)cc(C)cc4s3)C2c2ccc(OCCC(C)C)c(OC)c2)c1. The van der Waals surface area contributed by atoms with Gasteiger partial charge < -0.3 is 19.3 Å². The highest BCUT2D eigenvalue weighted by atomic mass is 32.1. The van der Waals surface area contributed by atoms with Crippen LogP contribution in [0.2, 0.25) is 0 Å². The number of ketones is 1. The Hall–Kier alpha value is -4.37. The van der Waals surface area contributed by atoms with Gasteiger partial charge in [0, 0.05) is 5.56 Å². The first kappa shape index (κ1) is 32.0. The van der Waals surface area contributed by atoms with E-state index in [-0.39, 0.29) is 11.3 Å². The quantitative estimate of drug-likeness (QED) is 0.0732. The van der Waals surface area contributed by atoms with Gasteiger partial charge in [-0.3, -0.25) is 14.5 Å². The van der Waals surface area contributed by atoms with Gasteiger partial charge in [0.1, 0.15) is 11.5 Å². The second-order valence-electron chi connectivity index (χ2n) is 11.8.